The summed E-state index contributed by atoms with van der Waals surface area (Å²) in [5.74, 6) is 0. The molecule has 128 valence electrons. The van der Waals surface area contributed by atoms with E-state index in [1.165, 1.54) is 38.3 Å². The lowest BCUT2D eigenvalue weighted by molar-refractivity contribution is 0.151. The smallest absolute Gasteiger partial charge is 0.277 e. The molecule has 0 radical (unpaired) electrons. The van der Waals surface area contributed by atoms with E-state index in [1.54, 1.807) is 5.38 Å². The third kappa shape index (κ3) is 7.17. The van der Waals surface area contributed by atoms with Crippen molar-refractivity contribution in [1.82, 2.24) is 4.98 Å². The molecule has 1 aromatic heterocycles. The molecule has 0 aliphatic rings. The maximum Gasteiger partial charge on any atom is 0.277 e. The molecule has 1 rings (SSSR count). The number of nitrogens with zero attached hydrogens (tertiary/aromatic N) is 1. The summed E-state index contributed by atoms with van der Waals surface area (Å²) in [6, 6.07) is 0. The van der Waals surface area contributed by atoms with Crippen molar-refractivity contribution in [2.45, 2.75) is 76.1 Å². The second kappa shape index (κ2) is 10.3. The first-order valence-electron chi connectivity index (χ1n) is 8.00. The Hall–Kier alpha value is -0.500. The summed E-state index contributed by atoms with van der Waals surface area (Å²) in [6.45, 7) is 2.19. The highest BCUT2D eigenvalue weighted by molar-refractivity contribution is 7.86. The van der Waals surface area contributed by atoms with Gasteiger partial charge in [-0.3, -0.25) is 4.55 Å². The number of hydrogen-bond donors (Lipinski definition) is 2. The van der Waals surface area contributed by atoms with Crippen LogP contribution in [0.25, 0.3) is 0 Å². The monoisotopic (exact) mass is 349 g/mol. The number of rotatable bonds is 12. The normalized spacial score (nSPS) is 14.9. The molecule has 5 nitrogen and oxygen atoms in total. The summed E-state index contributed by atoms with van der Waals surface area (Å²) in [7, 11) is -4.35. The van der Waals surface area contributed by atoms with Crippen molar-refractivity contribution in [3.63, 3.8) is 0 Å². The quantitative estimate of drug-likeness (QED) is 0.440. The van der Waals surface area contributed by atoms with Crippen LogP contribution in [0.4, 0.5) is 0 Å². The van der Waals surface area contributed by atoms with Gasteiger partial charge in [0.25, 0.3) is 10.1 Å². The predicted molar refractivity (Wildman–Crippen MR) is 89.6 cm³/mol. The third-order valence-corrected chi connectivity index (χ3v) is 5.91. The molecule has 0 spiro atoms. The van der Waals surface area contributed by atoms with Crippen molar-refractivity contribution in [3.05, 3.63) is 16.6 Å². The topological polar surface area (TPSA) is 87.5 Å². The Kier molecular flexibility index (Phi) is 9.16. The van der Waals surface area contributed by atoms with E-state index in [4.69, 9.17) is 0 Å². The van der Waals surface area contributed by atoms with Gasteiger partial charge in [0.15, 0.2) is 5.25 Å². The van der Waals surface area contributed by atoms with Gasteiger partial charge in [-0.05, 0) is 6.42 Å². The molecule has 7 heteroatoms. The molecule has 22 heavy (non-hydrogen) atoms. The molecular weight excluding hydrogens is 322 g/mol. The molecule has 1 heterocycles. The maximum absolute atomic E-state index is 11.5. The highest BCUT2D eigenvalue weighted by Crippen LogP contribution is 2.29. The molecule has 1 aromatic rings. The highest BCUT2D eigenvalue weighted by atomic mass is 32.2. The van der Waals surface area contributed by atoms with Crippen LogP contribution in [0.3, 0.4) is 0 Å². The zero-order chi connectivity index (χ0) is 16.4. The number of hydrogen-bond acceptors (Lipinski definition) is 5. The number of aromatic nitrogens is 1. The van der Waals surface area contributed by atoms with Crippen molar-refractivity contribution in [3.8, 4) is 0 Å². The van der Waals surface area contributed by atoms with Crippen LogP contribution in [0, 0.1) is 0 Å². The molecule has 0 aliphatic carbocycles. The summed E-state index contributed by atoms with van der Waals surface area (Å²) in [5, 5.41) is 10.7. The average Bonchev–Trinajstić information content (AvgIpc) is 2.94. The minimum absolute atomic E-state index is 0.245. The van der Waals surface area contributed by atoms with E-state index in [9.17, 15) is 18.1 Å². The minimum atomic E-state index is -4.35. The van der Waals surface area contributed by atoms with Crippen molar-refractivity contribution >= 4 is 21.5 Å². The summed E-state index contributed by atoms with van der Waals surface area (Å²) in [4.78, 5) is 3.91. The van der Waals surface area contributed by atoms with Gasteiger partial charge in [-0.2, -0.15) is 8.42 Å². The molecule has 2 N–H and O–H groups in total. The molecule has 0 amide bonds. The molecule has 2 atom stereocenters. The molecule has 2 unspecified atom stereocenters. The first-order valence-corrected chi connectivity index (χ1v) is 10.4. The molecule has 0 fully saturated rings. The lowest BCUT2D eigenvalue weighted by atomic mass is 10.0. The van der Waals surface area contributed by atoms with E-state index in [-0.39, 0.29) is 5.01 Å². The van der Waals surface area contributed by atoms with E-state index >= 15 is 0 Å². The molecular formula is C15H27NO4S2. The molecule has 0 aliphatic heterocycles. The Morgan fingerprint density at radius 1 is 1.14 bits per heavy atom. The van der Waals surface area contributed by atoms with Gasteiger partial charge < -0.3 is 5.11 Å². The zero-order valence-corrected chi connectivity index (χ0v) is 14.8. The van der Waals surface area contributed by atoms with Gasteiger partial charge in [0, 0.05) is 11.6 Å². The Bertz CT molecular complexity index is 488. The lowest BCUT2D eigenvalue weighted by Crippen LogP contribution is -2.26. The van der Waals surface area contributed by atoms with Crippen LogP contribution in [-0.4, -0.2) is 29.2 Å². The fourth-order valence-corrected chi connectivity index (χ4v) is 4.56. The largest absolute Gasteiger partial charge is 0.391 e. The molecule has 0 saturated carbocycles. The van der Waals surface area contributed by atoms with E-state index < -0.39 is 21.5 Å². The van der Waals surface area contributed by atoms with Crippen LogP contribution in [-0.2, 0) is 10.1 Å². The first-order chi connectivity index (χ1) is 10.5. The van der Waals surface area contributed by atoms with E-state index in [2.05, 4.69) is 11.9 Å². The standard InChI is InChI=1S/C15H27NO4S2/c1-2-3-4-5-6-7-8-9-10-13(17)14(22(18,19)20)15-16-11-12-21-15/h11-14,17H,2-10H2,1H3,(H,18,19,20). The van der Waals surface area contributed by atoms with Gasteiger partial charge in [-0.1, -0.05) is 58.3 Å². The van der Waals surface area contributed by atoms with Crippen LogP contribution >= 0.6 is 11.3 Å². The molecule has 0 aromatic carbocycles. The van der Waals surface area contributed by atoms with Gasteiger partial charge >= 0.3 is 0 Å². The highest BCUT2D eigenvalue weighted by Gasteiger charge is 2.34. The van der Waals surface area contributed by atoms with Gasteiger partial charge in [-0.15, -0.1) is 11.3 Å². The number of thiazole rings is 1. The van der Waals surface area contributed by atoms with E-state index in [0.717, 1.165) is 30.6 Å². The molecule has 0 saturated heterocycles. The third-order valence-electron chi connectivity index (χ3n) is 3.72. The van der Waals surface area contributed by atoms with Crippen LogP contribution in [0.15, 0.2) is 11.6 Å². The van der Waals surface area contributed by atoms with Crippen LogP contribution in [0.2, 0.25) is 0 Å². The van der Waals surface area contributed by atoms with Gasteiger partial charge in [0.2, 0.25) is 0 Å². The van der Waals surface area contributed by atoms with Gasteiger partial charge in [0.1, 0.15) is 5.01 Å². The van der Waals surface area contributed by atoms with E-state index in [0.29, 0.717) is 6.42 Å². The Morgan fingerprint density at radius 2 is 1.73 bits per heavy atom. The first kappa shape index (κ1) is 19.5. The Labute approximate surface area is 137 Å². The zero-order valence-electron chi connectivity index (χ0n) is 13.1. The number of aliphatic hydroxyl groups excluding tert-OH is 1. The van der Waals surface area contributed by atoms with Crippen LogP contribution in [0.5, 0.6) is 0 Å². The second-order valence-corrected chi connectivity index (χ2v) is 8.10. The lowest BCUT2D eigenvalue weighted by Gasteiger charge is -2.18. The molecule has 0 bridgehead atoms. The SMILES string of the molecule is CCCCCCCCCCC(O)C(c1nccs1)S(=O)(=O)O. The summed E-state index contributed by atoms with van der Waals surface area (Å²) in [5.41, 5.74) is 0. The Balaban J connectivity index is 2.32. The summed E-state index contributed by atoms with van der Waals surface area (Å²) < 4.78 is 32.3. The van der Waals surface area contributed by atoms with Crippen molar-refractivity contribution in [2.24, 2.45) is 0 Å². The van der Waals surface area contributed by atoms with Crippen molar-refractivity contribution in [1.29, 1.82) is 0 Å². The predicted octanol–water partition coefficient (Wildman–Crippen LogP) is 3.96. The van der Waals surface area contributed by atoms with Crippen LogP contribution in [0.1, 0.15) is 75.0 Å². The number of unbranched alkanes of at least 4 members (excludes halogenated alkanes) is 7. The van der Waals surface area contributed by atoms with Crippen molar-refractivity contribution in [2.75, 3.05) is 0 Å². The van der Waals surface area contributed by atoms with Crippen molar-refractivity contribution < 1.29 is 18.1 Å². The van der Waals surface area contributed by atoms with Crippen LogP contribution < -0.4 is 0 Å². The average molecular weight is 350 g/mol. The maximum atomic E-state index is 11.5. The summed E-state index contributed by atoms with van der Waals surface area (Å²) >= 11 is 1.13. The second-order valence-electron chi connectivity index (χ2n) is 5.64. The van der Waals surface area contributed by atoms with Gasteiger partial charge in [-0.25, -0.2) is 4.98 Å². The Morgan fingerprint density at radius 3 is 2.23 bits per heavy atom. The van der Waals surface area contributed by atoms with E-state index in [1.807, 2.05) is 0 Å². The fourth-order valence-electron chi connectivity index (χ4n) is 2.50. The fraction of sp³-hybridized carbons (Fsp3) is 0.800. The summed E-state index contributed by atoms with van der Waals surface area (Å²) in [6.07, 6.45) is 9.77. The minimum Gasteiger partial charge on any atom is -0.391 e. The van der Waals surface area contributed by atoms with Gasteiger partial charge in [0.05, 0.1) is 6.10 Å². The number of aliphatic hydroxyl groups is 1.